The van der Waals surface area contributed by atoms with E-state index in [1.165, 1.54) is 12.1 Å². The molecule has 0 saturated heterocycles. The number of halogens is 1. The highest BCUT2D eigenvalue weighted by atomic mass is 32.2. The fourth-order valence-corrected chi connectivity index (χ4v) is 3.15. The number of hydrogen-bond acceptors (Lipinski definition) is 4. The Balaban J connectivity index is 2.40. The van der Waals surface area contributed by atoms with Crippen molar-refractivity contribution in [3.8, 4) is 0 Å². The molecule has 1 aromatic heterocycles. The Bertz CT molecular complexity index is 687. The Morgan fingerprint density at radius 3 is 2.90 bits per heavy atom. The van der Waals surface area contributed by atoms with Crippen molar-refractivity contribution in [3.63, 3.8) is 0 Å². The molecule has 1 unspecified atom stereocenters. The molecule has 1 aromatic carbocycles. The van der Waals surface area contributed by atoms with Crippen LogP contribution in [0.1, 0.15) is 31.1 Å². The maximum absolute atomic E-state index is 14.2. The zero-order valence-electron chi connectivity index (χ0n) is 12.2. The molecule has 0 aliphatic carbocycles. The molecule has 0 fully saturated rings. The number of benzene rings is 1. The lowest BCUT2D eigenvalue weighted by Crippen LogP contribution is -2.18. The van der Waals surface area contributed by atoms with E-state index in [0.29, 0.717) is 15.7 Å². The second-order valence-electron chi connectivity index (χ2n) is 4.73. The van der Waals surface area contributed by atoms with Gasteiger partial charge in [0.15, 0.2) is 5.16 Å². The molecular formula is C15H18FN3OS. The predicted molar refractivity (Wildman–Crippen MR) is 82.2 cm³/mol. The fourth-order valence-electron chi connectivity index (χ4n) is 2.09. The standard InChI is InChI=1S/C15H18FN3OS/c1-4-17-10(3)11-6-5-7-12(16)14(11)21-15-18-9(2)8-13(20)19-15/h5-8,10,17H,4H2,1-3H3,(H,18,19,20). The molecule has 2 rings (SSSR count). The third-order valence-electron chi connectivity index (χ3n) is 3.02. The number of nitrogens with one attached hydrogen (secondary N) is 2. The van der Waals surface area contributed by atoms with E-state index >= 15 is 0 Å². The lowest BCUT2D eigenvalue weighted by atomic mass is 10.1. The summed E-state index contributed by atoms with van der Waals surface area (Å²) in [5.74, 6) is -0.314. The van der Waals surface area contributed by atoms with E-state index in [9.17, 15) is 9.18 Å². The topological polar surface area (TPSA) is 57.8 Å². The summed E-state index contributed by atoms with van der Waals surface area (Å²) in [4.78, 5) is 18.8. The van der Waals surface area contributed by atoms with Crippen molar-refractivity contribution in [1.29, 1.82) is 0 Å². The quantitative estimate of drug-likeness (QED) is 0.834. The summed E-state index contributed by atoms with van der Waals surface area (Å²) in [6, 6.07) is 6.41. The lowest BCUT2D eigenvalue weighted by molar-refractivity contribution is 0.557. The van der Waals surface area contributed by atoms with Crippen molar-refractivity contribution in [2.45, 2.75) is 36.9 Å². The minimum Gasteiger partial charge on any atom is -0.310 e. The molecule has 0 bridgehead atoms. The minimum atomic E-state index is -0.314. The predicted octanol–water partition coefficient (Wildman–Crippen LogP) is 3.04. The summed E-state index contributed by atoms with van der Waals surface area (Å²) in [5, 5.41) is 3.66. The highest BCUT2D eigenvalue weighted by molar-refractivity contribution is 7.99. The number of rotatable bonds is 5. The molecule has 2 aromatic rings. The van der Waals surface area contributed by atoms with E-state index in [2.05, 4.69) is 15.3 Å². The van der Waals surface area contributed by atoms with Gasteiger partial charge >= 0.3 is 0 Å². The summed E-state index contributed by atoms with van der Waals surface area (Å²) < 4.78 is 14.2. The van der Waals surface area contributed by atoms with Crippen LogP contribution < -0.4 is 10.9 Å². The average molecular weight is 307 g/mol. The lowest BCUT2D eigenvalue weighted by Gasteiger charge is -2.17. The first-order valence-electron chi connectivity index (χ1n) is 6.79. The van der Waals surface area contributed by atoms with Gasteiger partial charge in [-0.2, -0.15) is 0 Å². The van der Waals surface area contributed by atoms with Gasteiger partial charge < -0.3 is 10.3 Å². The van der Waals surface area contributed by atoms with Gasteiger partial charge in [-0.05, 0) is 43.8 Å². The molecule has 4 nitrogen and oxygen atoms in total. The number of hydrogen-bond donors (Lipinski definition) is 2. The van der Waals surface area contributed by atoms with Crippen LogP contribution in [0.4, 0.5) is 4.39 Å². The Hall–Kier alpha value is -1.66. The monoisotopic (exact) mass is 307 g/mol. The van der Waals surface area contributed by atoms with Gasteiger partial charge in [0.2, 0.25) is 0 Å². The molecule has 1 heterocycles. The maximum atomic E-state index is 14.2. The van der Waals surface area contributed by atoms with E-state index in [-0.39, 0.29) is 17.4 Å². The first-order chi connectivity index (χ1) is 10.0. The molecule has 21 heavy (non-hydrogen) atoms. The molecule has 0 saturated carbocycles. The molecule has 112 valence electrons. The van der Waals surface area contributed by atoms with Crippen molar-refractivity contribution in [2.75, 3.05) is 6.54 Å². The van der Waals surface area contributed by atoms with Gasteiger partial charge in [0.05, 0.1) is 4.90 Å². The molecule has 2 N–H and O–H groups in total. The van der Waals surface area contributed by atoms with Crippen molar-refractivity contribution in [3.05, 3.63) is 51.7 Å². The van der Waals surface area contributed by atoms with Crippen LogP contribution in [-0.2, 0) is 0 Å². The van der Waals surface area contributed by atoms with Gasteiger partial charge in [-0.1, -0.05) is 19.1 Å². The second-order valence-corrected chi connectivity index (χ2v) is 5.73. The zero-order valence-corrected chi connectivity index (χ0v) is 13.1. The van der Waals surface area contributed by atoms with E-state index < -0.39 is 0 Å². The van der Waals surface area contributed by atoms with Gasteiger partial charge in [0, 0.05) is 17.8 Å². The summed E-state index contributed by atoms with van der Waals surface area (Å²) in [6.45, 7) is 6.51. The fraction of sp³-hybridized carbons (Fsp3) is 0.333. The van der Waals surface area contributed by atoms with E-state index in [1.807, 2.05) is 19.9 Å². The van der Waals surface area contributed by atoms with Gasteiger partial charge in [0.25, 0.3) is 5.56 Å². The average Bonchev–Trinajstić information content (AvgIpc) is 2.40. The summed E-state index contributed by atoms with van der Waals surface area (Å²) in [7, 11) is 0. The largest absolute Gasteiger partial charge is 0.310 e. The number of nitrogens with zero attached hydrogens (tertiary/aromatic N) is 1. The van der Waals surface area contributed by atoms with E-state index in [1.54, 1.807) is 13.0 Å². The Kier molecular flexibility index (Phi) is 5.14. The molecule has 0 aliphatic heterocycles. The van der Waals surface area contributed by atoms with Crippen LogP contribution >= 0.6 is 11.8 Å². The number of aromatic nitrogens is 2. The van der Waals surface area contributed by atoms with E-state index in [4.69, 9.17) is 0 Å². The van der Waals surface area contributed by atoms with Crippen LogP contribution in [0.5, 0.6) is 0 Å². The number of H-pyrrole nitrogens is 1. The highest BCUT2D eigenvalue weighted by Crippen LogP contribution is 2.33. The normalized spacial score (nSPS) is 12.4. The molecule has 0 aliphatic rings. The van der Waals surface area contributed by atoms with Crippen LogP contribution in [0, 0.1) is 12.7 Å². The van der Waals surface area contributed by atoms with E-state index in [0.717, 1.165) is 23.9 Å². The third kappa shape index (κ3) is 3.92. The zero-order chi connectivity index (χ0) is 15.4. The Morgan fingerprint density at radius 2 is 2.24 bits per heavy atom. The van der Waals surface area contributed by atoms with Crippen molar-refractivity contribution >= 4 is 11.8 Å². The van der Waals surface area contributed by atoms with Crippen molar-refractivity contribution in [1.82, 2.24) is 15.3 Å². The molecule has 6 heteroatoms. The summed E-state index contributed by atoms with van der Waals surface area (Å²) in [5.41, 5.74) is 1.23. The van der Waals surface area contributed by atoms with Crippen molar-refractivity contribution < 1.29 is 4.39 Å². The van der Waals surface area contributed by atoms with Gasteiger partial charge in [-0.3, -0.25) is 4.79 Å². The smallest absolute Gasteiger partial charge is 0.251 e. The highest BCUT2D eigenvalue weighted by Gasteiger charge is 2.16. The summed E-state index contributed by atoms with van der Waals surface area (Å²) in [6.07, 6.45) is 0. The van der Waals surface area contributed by atoms with Crippen LogP contribution in [0.25, 0.3) is 0 Å². The molecular weight excluding hydrogens is 289 g/mol. The maximum Gasteiger partial charge on any atom is 0.251 e. The second kappa shape index (κ2) is 6.87. The molecule has 1 atom stereocenters. The number of aromatic amines is 1. The number of aryl methyl sites for hydroxylation is 1. The Morgan fingerprint density at radius 1 is 1.48 bits per heavy atom. The third-order valence-corrected chi connectivity index (χ3v) is 4.04. The van der Waals surface area contributed by atoms with Crippen LogP contribution in [-0.4, -0.2) is 16.5 Å². The first-order valence-corrected chi connectivity index (χ1v) is 7.60. The Labute approximate surface area is 127 Å². The minimum absolute atomic E-state index is 0.0183. The van der Waals surface area contributed by atoms with Crippen molar-refractivity contribution in [2.24, 2.45) is 0 Å². The first kappa shape index (κ1) is 15.7. The van der Waals surface area contributed by atoms with Crippen LogP contribution in [0.2, 0.25) is 0 Å². The SMILES string of the molecule is CCNC(C)c1cccc(F)c1Sc1nc(C)cc(=O)[nH]1. The molecule has 0 spiro atoms. The van der Waals surface area contributed by atoms with Crippen LogP contribution in [0.3, 0.4) is 0 Å². The van der Waals surface area contributed by atoms with Crippen LogP contribution in [0.15, 0.2) is 39.1 Å². The van der Waals surface area contributed by atoms with Gasteiger partial charge in [0.1, 0.15) is 5.82 Å². The molecule has 0 amide bonds. The van der Waals surface area contributed by atoms with Gasteiger partial charge in [-0.25, -0.2) is 9.37 Å². The summed E-state index contributed by atoms with van der Waals surface area (Å²) >= 11 is 1.14. The molecule has 0 radical (unpaired) electrons. The van der Waals surface area contributed by atoms with Gasteiger partial charge in [-0.15, -0.1) is 0 Å².